The van der Waals surface area contributed by atoms with E-state index in [9.17, 15) is 13.2 Å². The van der Waals surface area contributed by atoms with Crippen molar-refractivity contribution in [3.8, 4) is 0 Å². The number of carboxylic acids is 1. The summed E-state index contributed by atoms with van der Waals surface area (Å²) in [5.41, 5.74) is 1.24. The van der Waals surface area contributed by atoms with Crippen LogP contribution in [0.15, 0.2) is 35.2 Å². The quantitative estimate of drug-likeness (QED) is 0.942. The van der Waals surface area contributed by atoms with Crippen LogP contribution in [0.1, 0.15) is 25.7 Å². The summed E-state index contributed by atoms with van der Waals surface area (Å²) in [4.78, 5) is 12.1. The van der Waals surface area contributed by atoms with E-state index in [1.807, 2.05) is 0 Å². The van der Waals surface area contributed by atoms with Gasteiger partial charge in [0.05, 0.1) is 10.6 Å². The first-order chi connectivity index (χ1) is 9.31. The van der Waals surface area contributed by atoms with Crippen molar-refractivity contribution in [3.63, 3.8) is 0 Å². The van der Waals surface area contributed by atoms with Crippen molar-refractivity contribution >= 4 is 27.1 Å². The minimum Gasteiger partial charge on any atom is -0.477 e. The molecule has 0 saturated heterocycles. The molecule has 6 heteroatoms. The van der Waals surface area contributed by atoms with Gasteiger partial charge in [-0.2, -0.15) is 0 Å². The van der Waals surface area contributed by atoms with Crippen molar-refractivity contribution in [2.45, 2.75) is 24.5 Å². The molecule has 0 unspecified atom stereocenters. The summed E-state index contributed by atoms with van der Waals surface area (Å²) in [5.74, 6) is -1.20. The molecule has 0 atom stereocenters. The highest BCUT2D eigenvalue weighted by molar-refractivity contribution is 7.90. The Bertz CT molecular complexity index is 757. The number of aryl methyl sites for hydroxylation is 2. The van der Waals surface area contributed by atoms with E-state index in [0.29, 0.717) is 16.0 Å². The summed E-state index contributed by atoms with van der Waals surface area (Å²) < 4.78 is 24.8. The van der Waals surface area contributed by atoms with E-state index in [4.69, 9.17) is 5.11 Å². The van der Waals surface area contributed by atoms with Crippen LogP contribution in [0, 0.1) is 13.8 Å². The Kier molecular flexibility index (Phi) is 3.96. The maximum atomic E-state index is 12.4. The molecule has 0 bridgehead atoms. The summed E-state index contributed by atoms with van der Waals surface area (Å²) in [6.45, 7) is 3.48. The molecule has 0 fully saturated rings. The van der Waals surface area contributed by atoms with E-state index in [1.165, 1.54) is 6.07 Å². The first kappa shape index (κ1) is 14.7. The number of rotatable bonds is 4. The highest BCUT2D eigenvalue weighted by Gasteiger charge is 2.21. The van der Waals surface area contributed by atoms with Gasteiger partial charge < -0.3 is 5.11 Å². The molecule has 4 nitrogen and oxygen atoms in total. The van der Waals surface area contributed by atoms with Crippen molar-refractivity contribution < 1.29 is 18.3 Å². The molecule has 106 valence electrons. The third-order valence-electron chi connectivity index (χ3n) is 3.01. The third-order valence-corrected chi connectivity index (χ3v) is 5.91. The van der Waals surface area contributed by atoms with E-state index >= 15 is 0 Å². The SMILES string of the molecule is Cc1ccccc1S(=O)(=O)Cc1cc(C(=O)O)sc1C. The zero-order chi connectivity index (χ0) is 14.9. The smallest absolute Gasteiger partial charge is 0.345 e. The Balaban J connectivity index is 2.39. The molecule has 1 aromatic carbocycles. The Morgan fingerprint density at radius 2 is 1.90 bits per heavy atom. The number of sulfone groups is 1. The molecule has 1 aromatic heterocycles. The van der Waals surface area contributed by atoms with Crippen molar-refractivity contribution in [2.75, 3.05) is 0 Å². The third kappa shape index (κ3) is 2.91. The number of hydrogen-bond acceptors (Lipinski definition) is 4. The van der Waals surface area contributed by atoms with E-state index in [-0.39, 0.29) is 10.6 Å². The largest absolute Gasteiger partial charge is 0.477 e. The molecule has 0 aliphatic carbocycles. The topological polar surface area (TPSA) is 71.4 Å². The Morgan fingerprint density at radius 1 is 1.25 bits per heavy atom. The first-order valence-electron chi connectivity index (χ1n) is 5.92. The van der Waals surface area contributed by atoms with Crippen molar-refractivity contribution in [1.29, 1.82) is 0 Å². The number of benzene rings is 1. The number of hydrogen-bond donors (Lipinski definition) is 1. The first-order valence-corrected chi connectivity index (χ1v) is 8.39. The van der Waals surface area contributed by atoms with Gasteiger partial charge in [0.25, 0.3) is 0 Å². The number of carbonyl (C=O) groups is 1. The van der Waals surface area contributed by atoms with Crippen molar-refractivity contribution in [2.24, 2.45) is 0 Å². The molecule has 0 amide bonds. The van der Waals surface area contributed by atoms with Crippen LogP contribution in [0.2, 0.25) is 0 Å². The number of aromatic carboxylic acids is 1. The van der Waals surface area contributed by atoms with E-state index in [2.05, 4.69) is 0 Å². The molecule has 0 aliphatic rings. The highest BCUT2D eigenvalue weighted by atomic mass is 32.2. The predicted octanol–water partition coefficient (Wildman–Crippen LogP) is 3.04. The van der Waals surface area contributed by atoms with Crippen LogP contribution in [0.3, 0.4) is 0 Å². The summed E-state index contributed by atoms with van der Waals surface area (Å²) in [5, 5.41) is 8.94. The molecule has 20 heavy (non-hydrogen) atoms. The molecule has 1 heterocycles. The van der Waals surface area contributed by atoms with Gasteiger partial charge in [0.2, 0.25) is 0 Å². The zero-order valence-electron chi connectivity index (χ0n) is 11.1. The van der Waals surface area contributed by atoms with Crippen LogP contribution >= 0.6 is 11.3 Å². The minimum atomic E-state index is -3.47. The van der Waals surface area contributed by atoms with Gasteiger partial charge in [-0.3, -0.25) is 0 Å². The molecule has 0 radical (unpaired) electrons. The fraction of sp³-hybridized carbons (Fsp3) is 0.214. The molecule has 1 N–H and O–H groups in total. The summed E-state index contributed by atoms with van der Waals surface area (Å²) >= 11 is 1.10. The van der Waals surface area contributed by atoms with Gasteiger partial charge in [-0.25, -0.2) is 13.2 Å². The molecule has 2 aromatic rings. The second-order valence-electron chi connectivity index (χ2n) is 4.52. The minimum absolute atomic E-state index is 0.164. The summed E-state index contributed by atoms with van der Waals surface area (Å²) in [7, 11) is -3.47. The van der Waals surface area contributed by atoms with Gasteiger partial charge in [-0.1, -0.05) is 18.2 Å². The zero-order valence-corrected chi connectivity index (χ0v) is 12.7. The lowest BCUT2D eigenvalue weighted by Gasteiger charge is -2.07. The average molecular weight is 310 g/mol. The van der Waals surface area contributed by atoms with Crippen LogP contribution in [0.5, 0.6) is 0 Å². The van der Waals surface area contributed by atoms with E-state index < -0.39 is 15.8 Å². The summed E-state index contributed by atoms with van der Waals surface area (Å²) in [6.07, 6.45) is 0. The van der Waals surface area contributed by atoms with Gasteiger partial charge in [-0.05, 0) is 37.1 Å². The summed E-state index contributed by atoms with van der Waals surface area (Å²) in [6, 6.07) is 8.23. The fourth-order valence-electron chi connectivity index (χ4n) is 1.96. The lowest BCUT2D eigenvalue weighted by molar-refractivity contribution is 0.0702. The van der Waals surface area contributed by atoms with Crippen molar-refractivity contribution in [1.82, 2.24) is 0 Å². The van der Waals surface area contributed by atoms with Crippen LogP contribution in [-0.4, -0.2) is 19.5 Å². The molecule has 0 aliphatic heterocycles. The van der Waals surface area contributed by atoms with Crippen LogP contribution in [-0.2, 0) is 15.6 Å². The maximum absolute atomic E-state index is 12.4. The standard InChI is InChI=1S/C14H14O4S2/c1-9-5-3-4-6-13(9)20(17,18)8-11-7-12(14(15)16)19-10(11)2/h3-7H,8H2,1-2H3,(H,15,16). The second-order valence-corrected chi connectivity index (χ2v) is 7.74. The van der Waals surface area contributed by atoms with Gasteiger partial charge in [0.1, 0.15) is 4.88 Å². The Morgan fingerprint density at radius 3 is 2.45 bits per heavy atom. The molecule has 0 saturated carbocycles. The normalized spacial score (nSPS) is 11.5. The van der Waals surface area contributed by atoms with Gasteiger partial charge in [0.15, 0.2) is 9.84 Å². The average Bonchev–Trinajstić information content (AvgIpc) is 2.71. The van der Waals surface area contributed by atoms with Crippen LogP contribution in [0.25, 0.3) is 0 Å². The lowest BCUT2D eigenvalue weighted by Crippen LogP contribution is -2.06. The molecular weight excluding hydrogens is 296 g/mol. The monoisotopic (exact) mass is 310 g/mol. The second kappa shape index (κ2) is 5.38. The number of carboxylic acid groups (broad SMARTS) is 1. The van der Waals surface area contributed by atoms with Crippen molar-refractivity contribution in [3.05, 3.63) is 51.2 Å². The predicted molar refractivity (Wildman–Crippen MR) is 78.1 cm³/mol. The molecule has 2 rings (SSSR count). The van der Waals surface area contributed by atoms with Gasteiger partial charge in [0, 0.05) is 4.88 Å². The van der Waals surface area contributed by atoms with Gasteiger partial charge >= 0.3 is 5.97 Å². The maximum Gasteiger partial charge on any atom is 0.345 e. The van der Waals surface area contributed by atoms with Crippen LogP contribution in [0.4, 0.5) is 0 Å². The van der Waals surface area contributed by atoms with Crippen LogP contribution < -0.4 is 0 Å². The Labute approximate surface area is 121 Å². The van der Waals surface area contributed by atoms with Gasteiger partial charge in [-0.15, -0.1) is 11.3 Å². The molecular formula is C14H14O4S2. The van der Waals surface area contributed by atoms with E-state index in [1.54, 1.807) is 38.1 Å². The molecule has 0 spiro atoms. The fourth-order valence-corrected chi connectivity index (χ4v) is 4.64. The highest BCUT2D eigenvalue weighted by Crippen LogP contribution is 2.26. The Hall–Kier alpha value is -1.66. The van der Waals surface area contributed by atoms with E-state index in [0.717, 1.165) is 16.2 Å². The lowest BCUT2D eigenvalue weighted by atomic mass is 10.2. The number of thiophene rings is 1.